The summed E-state index contributed by atoms with van der Waals surface area (Å²) in [5.41, 5.74) is 0.00825. The smallest absolute Gasteiger partial charge is 0.323 e. The molecule has 0 bridgehead atoms. The molecule has 1 fully saturated rings. The van der Waals surface area contributed by atoms with E-state index in [1.54, 1.807) is 13.8 Å². The van der Waals surface area contributed by atoms with Gasteiger partial charge in [0.15, 0.2) is 5.41 Å². The molecule has 0 saturated heterocycles. The van der Waals surface area contributed by atoms with E-state index < -0.39 is 17.4 Å². The van der Waals surface area contributed by atoms with E-state index in [0.29, 0.717) is 12.8 Å². The molecular weight excluding hydrogens is 232 g/mol. The van der Waals surface area contributed by atoms with Crippen molar-refractivity contribution in [1.29, 1.82) is 0 Å². The van der Waals surface area contributed by atoms with Gasteiger partial charge < -0.3 is 9.47 Å². The Balaban J connectivity index is 3.00. The van der Waals surface area contributed by atoms with Gasteiger partial charge in [0.2, 0.25) is 0 Å². The van der Waals surface area contributed by atoms with E-state index >= 15 is 0 Å². The van der Waals surface area contributed by atoms with Gasteiger partial charge in [0.1, 0.15) is 0 Å². The zero-order valence-corrected chi connectivity index (χ0v) is 11.5. The monoisotopic (exact) mass is 254 g/mol. The Morgan fingerprint density at radius 3 is 2.22 bits per heavy atom. The molecule has 0 unspecified atom stereocenters. The van der Waals surface area contributed by atoms with E-state index in [0.717, 1.165) is 18.4 Å². The summed E-state index contributed by atoms with van der Waals surface area (Å²) in [6.45, 7) is 5.99. The van der Waals surface area contributed by atoms with Gasteiger partial charge in [-0.1, -0.05) is 11.6 Å². The van der Waals surface area contributed by atoms with E-state index in [4.69, 9.17) is 9.47 Å². The molecule has 0 heterocycles. The zero-order chi connectivity index (χ0) is 13.6. The van der Waals surface area contributed by atoms with Crippen molar-refractivity contribution in [2.75, 3.05) is 13.2 Å². The van der Waals surface area contributed by atoms with Crippen molar-refractivity contribution in [2.24, 2.45) is 5.41 Å². The predicted molar refractivity (Wildman–Crippen MR) is 67.9 cm³/mol. The summed E-state index contributed by atoms with van der Waals surface area (Å²) in [7, 11) is 0. The first-order chi connectivity index (χ1) is 8.60. The zero-order valence-electron chi connectivity index (χ0n) is 11.5. The minimum Gasteiger partial charge on any atom is -0.465 e. The van der Waals surface area contributed by atoms with Crippen LogP contribution in [0.15, 0.2) is 11.6 Å². The van der Waals surface area contributed by atoms with E-state index in [1.807, 2.05) is 13.0 Å². The van der Waals surface area contributed by atoms with Gasteiger partial charge in [-0.3, -0.25) is 9.59 Å². The molecular formula is C14H22O4. The number of carbonyl (C=O) groups is 2. The van der Waals surface area contributed by atoms with Crippen LogP contribution >= 0.6 is 0 Å². The SMILES string of the molecule is C/C=C1\CCCC(C(=O)OCC)(C(=O)OCC)C1. The van der Waals surface area contributed by atoms with Gasteiger partial charge in [0.05, 0.1) is 13.2 Å². The van der Waals surface area contributed by atoms with Crippen LogP contribution in [0.2, 0.25) is 0 Å². The van der Waals surface area contributed by atoms with Crippen LogP contribution in [0.5, 0.6) is 0 Å². The summed E-state index contributed by atoms with van der Waals surface area (Å²) in [5.74, 6) is -0.884. The second kappa shape index (κ2) is 6.57. The van der Waals surface area contributed by atoms with Crippen molar-refractivity contribution >= 4 is 11.9 Å². The lowest BCUT2D eigenvalue weighted by molar-refractivity contribution is -0.173. The molecule has 1 aliphatic carbocycles. The fraction of sp³-hybridized carbons (Fsp3) is 0.714. The van der Waals surface area contributed by atoms with Gasteiger partial charge in [-0.05, 0) is 46.5 Å². The Labute approximate surface area is 108 Å². The number of ether oxygens (including phenoxy) is 2. The first kappa shape index (κ1) is 14.7. The number of carbonyl (C=O) groups excluding carboxylic acids is 2. The molecule has 0 aliphatic heterocycles. The average molecular weight is 254 g/mol. The third kappa shape index (κ3) is 2.92. The van der Waals surface area contributed by atoms with E-state index in [-0.39, 0.29) is 13.2 Å². The van der Waals surface area contributed by atoms with Crippen LogP contribution in [0.4, 0.5) is 0 Å². The number of rotatable bonds is 4. The highest BCUT2D eigenvalue weighted by Gasteiger charge is 2.50. The van der Waals surface area contributed by atoms with Crippen molar-refractivity contribution in [1.82, 2.24) is 0 Å². The molecule has 1 saturated carbocycles. The van der Waals surface area contributed by atoms with E-state index in [9.17, 15) is 9.59 Å². The average Bonchev–Trinajstić information content (AvgIpc) is 2.39. The first-order valence-corrected chi connectivity index (χ1v) is 6.59. The van der Waals surface area contributed by atoms with Crippen LogP contribution in [0, 0.1) is 5.41 Å². The van der Waals surface area contributed by atoms with Crippen molar-refractivity contribution in [2.45, 2.75) is 46.5 Å². The quantitative estimate of drug-likeness (QED) is 0.439. The highest BCUT2D eigenvalue weighted by molar-refractivity contribution is 6.00. The van der Waals surface area contributed by atoms with Crippen LogP contribution in [0.3, 0.4) is 0 Å². The van der Waals surface area contributed by atoms with Crippen LogP contribution in [0.25, 0.3) is 0 Å². The Morgan fingerprint density at radius 1 is 1.22 bits per heavy atom. The molecule has 1 rings (SSSR count). The van der Waals surface area contributed by atoms with Crippen LogP contribution < -0.4 is 0 Å². The fourth-order valence-electron chi connectivity index (χ4n) is 2.40. The lowest BCUT2D eigenvalue weighted by Gasteiger charge is -2.33. The van der Waals surface area contributed by atoms with E-state index in [1.165, 1.54) is 0 Å². The van der Waals surface area contributed by atoms with Crippen molar-refractivity contribution in [3.05, 3.63) is 11.6 Å². The lowest BCUT2D eigenvalue weighted by atomic mass is 9.72. The highest BCUT2D eigenvalue weighted by Crippen LogP contribution is 2.41. The minimum absolute atomic E-state index is 0.283. The topological polar surface area (TPSA) is 52.6 Å². The molecule has 0 aromatic heterocycles. The molecule has 0 radical (unpaired) electrons. The van der Waals surface area contributed by atoms with Gasteiger partial charge in [-0.2, -0.15) is 0 Å². The van der Waals surface area contributed by atoms with E-state index in [2.05, 4.69) is 0 Å². The summed E-state index contributed by atoms with van der Waals surface area (Å²) in [5, 5.41) is 0. The predicted octanol–water partition coefficient (Wildman–Crippen LogP) is 2.62. The van der Waals surface area contributed by atoms with Crippen molar-refractivity contribution in [3.63, 3.8) is 0 Å². The molecule has 0 N–H and O–H groups in total. The Kier molecular flexibility index (Phi) is 5.38. The molecule has 0 aromatic carbocycles. The third-order valence-corrected chi connectivity index (χ3v) is 3.37. The largest absolute Gasteiger partial charge is 0.465 e. The first-order valence-electron chi connectivity index (χ1n) is 6.59. The molecule has 0 spiro atoms. The van der Waals surface area contributed by atoms with Crippen molar-refractivity contribution < 1.29 is 19.1 Å². The normalized spacial score (nSPS) is 20.5. The number of allylic oxidation sites excluding steroid dienone is 2. The molecule has 102 valence electrons. The van der Waals surface area contributed by atoms with Crippen LogP contribution in [0.1, 0.15) is 46.5 Å². The summed E-state index contributed by atoms with van der Waals surface area (Å²) in [4.78, 5) is 24.3. The summed E-state index contributed by atoms with van der Waals surface area (Å²) < 4.78 is 10.2. The summed E-state index contributed by atoms with van der Waals surface area (Å²) in [6.07, 6.45) is 4.68. The molecule has 4 nitrogen and oxygen atoms in total. The Morgan fingerprint density at radius 2 is 1.78 bits per heavy atom. The lowest BCUT2D eigenvalue weighted by Crippen LogP contribution is -2.44. The third-order valence-electron chi connectivity index (χ3n) is 3.37. The van der Waals surface area contributed by atoms with Crippen LogP contribution in [-0.4, -0.2) is 25.2 Å². The summed E-state index contributed by atoms with van der Waals surface area (Å²) in [6, 6.07) is 0. The molecule has 0 amide bonds. The van der Waals surface area contributed by atoms with Gasteiger partial charge in [-0.15, -0.1) is 0 Å². The fourth-order valence-corrected chi connectivity index (χ4v) is 2.40. The van der Waals surface area contributed by atoms with Gasteiger partial charge in [0.25, 0.3) is 0 Å². The van der Waals surface area contributed by atoms with Gasteiger partial charge >= 0.3 is 11.9 Å². The highest BCUT2D eigenvalue weighted by atomic mass is 16.6. The molecule has 1 aliphatic rings. The number of hydrogen-bond acceptors (Lipinski definition) is 4. The van der Waals surface area contributed by atoms with Crippen LogP contribution in [-0.2, 0) is 19.1 Å². The maximum atomic E-state index is 12.1. The summed E-state index contributed by atoms with van der Waals surface area (Å²) >= 11 is 0. The molecule has 4 heteroatoms. The van der Waals surface area contributed by atoms with Gasteiger partial charge in [-0.25, -0.2) is 0 Å². The Bertz CT molecular complexity index is 326. The standard InChI is InChI=1S/C14H22O4/c1-4-11-8-7-9-14(10-11,12(15)17-5-2)13(16)18-6-3/h4H,5-10H2,1-3H3/b11-4+. The van der Waals surface area contributed by atoms with Gasteiger partial charge in [0, 0.05) is 0 Å². The maximum absolute atomic E-state index is 12.1. The molecule has 18 heavy (non-hydrogen) atoms. The second-order valence-corrected chi connectivity index (χ2v) is 4.50. The number of esters is 2. The number of hydrogen-bond donors (Lipinski definition) is 0. The minimum atomic E-state index is -1.12. The maximum Gasteiger partial charge on any atom is 0.323 e. The second-order valence-electron chi connectivity index (χ2n) is 4.50. The Hall–Kier alpha value is -1.32. The van der Waals surface area contributed by atoms with Crippen molar-refractivity contribution in [3.8, 4) is 0 Å². The molecule has 0 aromatic rings. The molecule has 0 atom stereocenters.